The largest absolute Gasteiger partial charge is 0.467 e. The second-order valence-electron chi connectivity index (χ2n) is 7.48. The molecule has 4 rings (SSSR count). The Balaban J connectivity index is 1.75. The summed E-state index contributed by atoms with van der Waals surface area (Å²) >= 11 is 0. The molecular weight excluding hydrogens is 394 g/mol. The van der Waals surface area contributed by atoms with Crippen LogP contribution in [0.1, 0.15) is 33.9 Å². The zero-order valence-corrected chi connectivity index (χ0v) is 17.0. The van der Waals surface area contributed by atoms with Crippen LogP contribution in [0.4, 0.5) is 0 Å². The minimum absolute atomic E-state index is 0.0275. The molecule has 29 heavy (non-hydrogen) atoms. The molecule has 152 valence electrons. The number of benzene rings is 1. The van der Waals surface area contributed by atoms with Gasteiger partial charge in [0.2, 0.25) is 0 Å². The molecule has 3 aromatic rings. The Bertz CT molecular complexity index is 1240. The Labute approximate surface area is 167 Å². The number of amides is 1. The van der Waals surface area contributed by atoms with Crippen LogP contribution >= 0.6 is 0 Å². The average molecular weight is 415 g/mol. The molecule has 0 N–H and O–H groups in total. The van der Waals surface area contributed by atoms with E-state index in [9.17, 15) is 18.0 Å². The molecule has 1 aromatic carbocycles. The molecular formula is C21H21NO6S. The van der Waals surface area contributed by atoms with Crippen LogP contribution in [-0.4, -0.2) is 36.8 Å². The lowest BCUT2D eigenvalue weighted by Crippen LogP contribution is -2.40. The smallest absolute Gasteiger partial charge is 0.290 e. The number of carbonyl (C=O) groups is 1. The number of sulfone groups is 1. The van der Waals surface area contributed by atoms with E-state index in [0.717, 1.165) is 11.1 Å². The lowest BCUT2D eigenvalue weighted by atomic mass is 10.1. The quantitative estimate of drug-likeness (QED) is 0.650. The van der Waals surface area contributed by atoms with E-state index in [2.05, 4.69) is 0 Å². The number of aryl methyl sites for hydroxylation is 2. The lowest BCUT2D eigenvalue weighted by molar-refractivity contribution is 0.0634. The first-order valence-electron chi connectivity index (χ1n) is 9.32. The summed E-state index contributed by atoms with van der Waals surface area (Å²) < 4.78 is 35.1. The summed E-state index contributed by atoms with van der Waals surface area (Å²) in [7, 11) is -3.21. The van der Waals surface area contributed by atoms with Crippen LogP contribution in [0.5, 0.6) is 0 Å². The number of hydrogen-bond donors (Lipinski definition) is 0. The van der Waals surface area contributed by atoms with Crippen molar-refractivity contribution in [3.8, 4) is 0 Å². The van der Waals surface area contributed by atoms with Gasteiger partial charge in [0.15, 0.2) is 21.0 Å². The molecule has 0 aliphatic carbocycles. The van der Waals surface area contributed by atoms with Crippen molar-refractivity contribution >= 4 is 26.7 Å². The highest BCUT2D eigenvalue weighted by atomic mass is 32.2. The van der Waals surface area contributed by atoms with E-state index < -0.39 is 21.8 Å². The second-order valence-corrected chi connectivity index (χ2v) is 9.71. The molecule has 1 fully saturated rings. The number of rotatable bonds is 4. The van der Waals surface area contributed by atoms with Crippen LogP contribution in [0.15, 0.2) is 50.2 Å². The molecule has 0 bridgehead atoms. The first kappa shape index (κ1) is 19.4. The fraction of sp³-hybridized carbons (Fsp3) is 0.333. The van der Waals surface area contributed by atoms with E-state index in [-0.39, 0.29) is 29.2 Å². The van der Waals surface area contributed by atoms with Crippen molar-refractivity contribution < 1.29 is 22.0 Å². The number of carbonyl (C=O) groups excluding carboxylic acids is 1. The van der Waals surface area contributed by atoms with Gasteiger partial charge in [0.1, 0.15) is 11.3 Å². The SMILES string of the molecule is Cc1cc2oc(C(=O)N(Cc3ccco3)C3CCS(=O)(=O)C3)cc(=O)c2cc1C. The molecule has 1 saturated heterocycles. The van der Waals surface area contributed by atoms with E-state index in [4.69, 9.17) is 8.83 Å². The Morgan fingerprint density at radius 3 is 2.62 bits per heavy atom. The van der Waals surface area contributed by atoms with E-state index >= 15 is 0 Å². The van der Waals surface area contributed by atoms with Gasteiger partial charge in [-0.1, -0.05) is 0 Å². The van der Waals surface area contributed by atoms with E-state index in [1.165, 1.54) is 17.2 Å². The lowest BCUT2D eigenvalue weighted by Gasteiger charge is -2.27. The van der Waals surface area contributed by atoms with Gasteiger partial charge in [-0.2, -0.15) is 0 Å². The highest BCUT2D eigenvalue weighted by molar-refractivity contribution is 7.91. The van der Waals surface area contributed by atoms with Crippen LogP contribution in [-0.2, 0) is 16.4 Å². The first-order chi connectivity index (χ1) is 13.7. The third-order valence-corrected chi connectivity index (χ3v) is 7.12. The molecule has 8 heteroatoms. The van der Waals surface area contributed by atoms with E-state index in [0.29, 0.717) is 23.2 Å². The van der Waals surface area contributed by atoms with Crippen LogP contribution in [0.2, 0.25) is 0 Å². The van der Waals surface area contributed by atoms with Gasteiger partial charge in [0, 0.05) is 12.1 Å². The minimum Gasteiger partial charge on any atom is -0.467 e. The summed E-state index contributed by atoms with van der Waals surface area (Å²) in [6.07, 6.45) is 1.83. The van der Waals surface area contributed by atoms with Gasteiger partial charge in [-0.25, -0.2) is 8.42 Å². The van der Waals surface area contributed by atoms with E-state index in [1.807, 2.05) is 13.8 Å². The molecule has 1 aliphatic rings. The van der Waals surface area contributed by atoms with E-state index in [1.54, 1.807) is 24.3 Å². The fourth-order valence-electron chi connectivity index (χ4n) is 3.62. The van der Waals surface area contributed by atoms with Gasteiger partial charge in [-0.15, -0.1) is 0 Å². The summed E-state index contributed by atoms with van der Waals surface area (Å²) in [5.74, 6) is -0.199. The maximum Gasteiger partial charge on any atom is 0.290 e. The molecule has 1 atom stereocenters. The summed E-state index contributed by atoms with van der Waals surface area (Å²) in [5.41, 5.74) is 1.93. The summed E-state index contributed by atoms with van der Waals surface area (Å²) in [4.78, 5) is 27.3. The molecule has 1 unspecified atom stereocenters. The first-order valence-corrected chi connectivity index (χ1v) is 11.1. The van der Waals surface area contributed by atoms with Crippen molar-refractivity contribution in [3.05, 3.63) is 69.5 Å². The van der Waals surface area contributed by atoms with Gasteiger partial charge in [-0.3, -0.25) is 9.59 Å². The Hall–Kier alpha value is -2.87. The number of nitrogens with zero attached hydrogens (tertiary/aromatic N) is 1. The highest BCUT2D eigenvalue weighted by Crippen LogP contribution is 2.24. The maximum absolute atomic E-state index is 13.3. The monoisotopic (exact) mass is 415 g/mol. The van der Waals surface area contributed by atoms with Crippen LogP contribution in [0, 0.1) is 13.8 Å². The Morgan fingerprint density at radius 1 is 1.21 bits per heavy atom. The van der Waals surface area contributed by atoms with Crippen molar-refractivity contribution in [1.82, 2.24) is 4.90 Å². The van der Waals surface area contributed by atoms with Gasteiger partial charge < -0.3 is 13.7 Å². The zero-order valence-electron chi connectivity index (χ0n) is 16.2. The molecule has 0 radical (unpaired) electrons. The number of hydrogen-bond acceptors (Lipinski definition) is 6. The van der Waals surface area contributed by atoms with Crippen molar-refractivity contribution in [1.29, 1.82) is 0 Å². The molecule has 0 saturated carbocycles. The molecule has 3 heterocycles. The molecule has 2 aromatic heterocycles. The van der Waals surface area contributed by atoms with Crippen molar-refractivity contribution in [2.75, 3.05) is 11.5 Å². The summed E-state index contributed by atoms with van der Waals surface area (Å²) in [6.45, 7) is 3.90. The minimum atomic E-state index is -3.21. The van der Waals surface area contributed by atoms with Crippen LogP contribution < -0.4 is 5.43 Å². The van der Waals surface area contributed by atoms with Crippen LogP contribution in [0.3, 0.4) is 0 Å². The van der Waals surface area contributed by atoms with Crippen molar-refractivity contribution in [2.24, 2.45) is 0 Å². The third-order valence-electron chi connectivity index (χ3n) is 5.37. The third kappa shape index (κ3) is 3.85. The van der Waals surface area contributed by atoms with Crippen LogP contribution in [0.25, 0.3) is 11.0 Å². The number of fused-ring (bicyclic) bond motifs is 1. The van der Waals surface area contributed by atoms with Gasteiger partial charge >= 0.3 is 0 Å². The van der Waals surface area contributed by atoms with Gasteiger partial charge in [0.05, 0.1) is 29.7 Å². The Kier molecular flexibility index (Phi) is 4.82. The molecule has 1 amide bonds. The maximum atomic E-state index is 13.3. The topological polar surface area (TPSA) is 97.8 Å². The average Bonchev–Trinajstić information content (AvgIpc) is 3.29. The summed E-state index contributed by atoms with van der Waals surface area (Å²) in [5, 5.41) is 0.408. The standard InChI is InChI=1S/C21H21NO6S/c1-13-8-17-18(23)10-20(28-19(17)9-14(13)2)21(24)22(11-16-4-3-6-27-16)15-5-7-29(25,26)12-15/h3-4,6,8-10,15H,5,7,11-12H2,1-2H3. The van der Waals surface area contributed by atoms with Gasteiger partial charge in [-0.05, 0) is 55.7 Å². The highest BCUT2D eigenvalue weighted by Gasteiger charge is 2.36. The second kappa shape index (κ2) is 7.18. The fourth-order valence-corrected chi connectivity index (χ4v) is 5.35. The van der Waals surface area contributed by atoms with Crippen molar-refractivity contribution in [2.45, 2.75) is 32.9 Å². The normalized spacial score (nSPS) is 18.2. The molecule has 1 aliphatic heterocycles. The Morgan fingerprint density at radius 2 is 1.97 bits per heavy atom. The number of furan rings is 1. The predicted octanol–water partition coefficient (Wildman–Crippen LogP) is 2.83. The predicted molar refractivity (Wildman–Crippen MR) is 108 cm³/mol. The molecule has 0 spiro atoms. The van der Waals surface area contributed by atoms with Crippen molar-refractivity contribution in [3.63, 3.8) is 0 Å². The zero-order chi connectivity index (χ0) is 20.8. The summed E-state index contributed by atoms with van der Waals surface area (Å²) in [6, 6.07) is 7.57. The molecule has 7 nitrogen and oxygen atoms in total. The van der Waals surface area contributed by atoms with Gasteiger partial charge in [0.25, 0.3) is 5.91 Å².